The summed E-state index contributed by atoms with van der Waals surface area (Å²) in [6.45, 7) is -0.0259. The molecule has 0 atom stereocenters. The SMILES string of the molecule is COc1ccc(Cl)cc1/C(N)=N/OC(=O)c1ccn(COc2c(Cl)cccc2Cl)n1. The molecule has 11 heteroatoms. The van der Waals surface area contributed by atoms with E-state index in [4.69, 9.17) is 54.8 Å². The molecule has 0 aliphatic carbocycles. The molecular weight excluding hydrogens is 455 g/mol. The lowest BCUT2D eigenvalue weighted by Crippen LogP contribution is -2.16. The van der Waals surface area contributed by atoms with Crippen LogP contribution in [0.5, 0.6) is 11.5 Å². The van der Waals surface area contributed by atoms with E-state index in [1.54, 1.807) is 36.4 Å². The number of methoxy groups -OCH3 is 1. The molecule has 0 unspecified atom stereocenters. The molecule has 1 aromatic heterocycles. The minimum Gasteiger partial charge on any atom is -0.496 e. The number of carbonyl (C=O) groups excluding carboxylic acids is 1. The molecule has 0 saturated carbocycles. The van der Waals surface area contributed by atoms with Crippen molar-refractivity contribution in [2.45, 2.75) is 6.73 Å². The maximum Gasteiger partial charge on any atom is 0.385 e. The zero-order chi connectivity index (χ0) is 21.7. The first-order valence-electron chi connectivity index (χ1n) is 8.38. The number of rotatable bonds is 7. The molecule has 0 bridgehead atoms. The number of para-hydroxylation sites is 1. The van der Waals surface area contributed by atoms with E-state index in [0.29, 0.717) is 32.1 Å². The molecule has 0 fully saturated rings. The number of hydrogen-bond acceptors (Lipinski definition) is 6. The first-order chi connectivity index (χ1) is 14.4. The van der Waals surface area contributed by atoms with E-state index in [1.807, 2.05) is 0 Å². The minimum atomic E-state index is -0.812. The van der Waals surface area contributed by atoms with Crippen molar-refractivity contribution in [2.75, 3.05) is 7.11 Å². The van der Waals surface area contributed by atoms with Gasteiger partial charge in [-0.05, 0) is 36.4 Å². The van der Waals surface area contributed by atoms with Gasteiger partial charge in [-0.3, -0.25) is 0 Å². The van der Waals surface area contributed by atoms with E-state index >= 15 is 0 Å². The minimum absolute atomic E-state index is 0.00142. The standard InChI is InChI=1S/C19H15Cl3N4O4/c1-28-16-6-5-11(20)9-12(16)18(23)25-30-19(27)15-7-8-26(24-15)10-29-17-13(21)3-2-4-14(17)22/h2-9H,10H2,1H3,(H2,23,25). The summed E-state index contributed by atoms with van der Waals surface area (Å²) in [7, 11) is 1.47. The van der Waals surface area contributed by atoms with Gasteiger partial charge in [0.15, 0.2) is 24.0 Å². The smallest absolute Gasteiger partial charge is 0.385 e. The molecule has 0 radical (unpaired) electrons. The number of nitrogens with zero attached hydrogens (tertiary/aromatic N) is 3. The highest BCUT2D eigenvalue weighted by molar-refractivity contribution is 6.37. The Labute approximate surface area is 186 Å². The second-order valence-corrected chi connectivity index (χ2v) is 7.02. The molecule has 2 aromatic carbocycles. The van der Waals surface area contributed by atoms with Crippen LogP contribution in [0.3, 0.4) is 0 Å². The number of halogens is 3. The van der Waals surface area contributed by atoms with Gasteiger partial charge >= 0.3 is 5.97 Å². The Morgan fingerprint density at radius 3 is 2.60 bits per heavy atom. The third kappa shape index (κ3) is 5.15. The number of oxime groups is 1. The maximum absolute atomic E-state index is 12.2. The van der Waals surface area contributed by atoms with Crippen LogP contribution in [0.1, 0.15) is 16.1 Å². The maximum atomic E-state index is 12.2. The Kier molecular flexibility index (Phi) is 7.04. The van der Waals surface area contributed by atoms with Gasteiger partial charge in [-0.1, -0.05) is 46.0 Å². The number of benzene rings is 2. The summed E-state index contributed by atoms with van der Waals surface area (Å²) in [6.07, 6.45) is 1.52. The Hall–Kier alpha value is -2.94. The average Bonchev–Trinajstić information content (AvgIpc) is 3.20. The summed E-state index contributed by atoms with van der Waals surface area (Å²) >= 11 is 18.1. The van der Waals surface area contributed by atoms with Gasteiger partial charge in [-0.15, -0.1) is 0 Å². The molecule has 0 saturated heterocycles. The zero-order valence-corrected chi connectivity index (χ0v) is 17.8. The molecule has 8 nitrogen and oxygen atoms in total. The van der Waals surface area contributed by atoms with Crippen molar-refractivity contribution in [3.05, 3.63) is 75.0 Å². The molecule has 156 valence electrons. The topological polar surface area (TPSA) is 101 Å². The number of hydrogen-bond donors (Lipinski definition) is 1. The summed E-state index contributed by atoms with van der Waals surface area (Å²) < 4.78 is 12.1. The summed E-state index contributed by atoms with van der Waals surface area (Å²) in [5.74, 6) is -0.156. The predicted molar refractivity (Wildman–Crippen MR) is 113 cm³/mol. The summed E-state index contributed by atoms with van der Waals surface area (Å²) in [4.78, 5) is 17.1. The van der Waals surface area contributed by atoms with E-state index in [-0.39, 0.29) is 18.3 Å². The van der Waals surface area contributed by atoms with E-state index in [1.165, 1.54) is 24.1 Å². The summed E-state index contributed by atoms with van der Waals surface area (Å²) in [6, 6.07) is 11.2. The van der Waals surface area contributed by atoms with Gasteiger partial charge < -0.3 is 20.0 Å². The fraction of sp³-hybridized carbons (Fsp3) is 0.105. The molecular formula is C19H15Cl3N4O4. The summed E-state index contributed by atoms with van der Waals surface area (Å²) in [5, 5.41) is 8.83. The van der Waals surface area contributed by atoms with Crippen molar-refractivity contribution in [3.63, 3.8) is 0 Å². The highest BCUT2D eigenvalue weighted by Gasteiger charge is 2.14. The van der Waals surface area contributed by atoms with Crippen molar-refractivity contribution < 1.29 is 19.1 Å². The van der Waals surface area contributed by atoms with Gasteiger partial charge in [-0.25, -0.2) is 9.48 Å². The van der Waals surface area contributed by atoms with Gasteiger partial charge in [0, 0.05) is 11.2 Å². The van der Waals surface area contributed by atoms with Gasteiger partial charge in [0.05, 0.1) is 22.7 Å². The lowest BCUT2D eigenvalue weighted by atomic mass is 10.2. The van der Waals surface area contributed by atoms with Crippen molar-refractivity contribution >= 4 is 46.6 Å². The van der Waals surface area contributed by atoms with Crippen molar-refractivity contribution in [1.82, 2.24) is 9.78 Å². The Bertz CT molecular complexity index is 1080. The molecule has 0 amide bonds. The molecule has 30 heavy (non-hydrogen) atoms. The quantitative estimate of drug-likeness (QED) is 0.239. The number of amidine groups is 1. The van der Waals surface area contributed by atoms with E-state index < -0.39 is 5.97 Å². The van der Waals surface area contributed by atoms with Gasteiger partial charge in [0.2, 0.25) is 0 Å². The predicted octanol–water partition coefficient (Wildman–Crippen LogP) is 4.37. The van der Waals surface area contributed by atoms with Crippen LogP contribution in [-0.4, -0.2) is 28.7 Å². The number of aromatic nitrogens is 2. The van der Waals surface area contributed by atoms with Gasteiger partial charge in [-0.2, -0.15) is 5.10 Å². The molecule has 0 aliphatic rings. The lowest BCUT2D eigenvalue weighted by Gasteiger charge is -2.09. The highest BCUT2D eigenvalue weighted by atomic mass is 35.5. The van der Waals surface area contributed by atoms with E-state index in [9.17, 15) is 4.79 Å². The van der Waals surface area contributed by atoms with Crippen LogP contribution in [0.2, 0.25) is 15.1 Å². The van der Waals surface area contributed by atoms with E-state index in [0.717, 1.165) is 0 Å². The molecule has 3 aromatic rings. The number of ether oxygens (including phenoxy) is 2. The van der Waals surface area contributed by atoms with Crippen LogP contribution in [0.15, 0.2) is 53.8 Å². The highest BCUT2D eigenvalue weighted by Crippen LogP contribution is 2.32. The second-order valence-electron chi connectivity index (χ2n) is 5.76. The third-order valence-electron chi connectivity index (χ3n) is 3.77. The molecule has 0 aliphatic heterocycles. The zero-order valence-electron chi connectivity index (χ0n) is 15.5. The summed E-state index contributed by atoms with van der Waals surface area (Å²) in [5.41, 5.74) is 6.26. The fourth-order valence-corrected chi connectivity index (χ4v) is 3.04. The fourth-order valence-electron chi connectivity index (χ4n) is 2.36. The second kappa shape index (κ2) is 9.71. The monoisotopic (exact) mass is 468 g/mol. The Morgan fingerprint density at radius 1 is 1.17 bits per heavy atom. The van der Waals surface area contributed by atoms with Crippen molar-refractivity contribution in [3.8, 4) is 11.5 Å². The lowest BCUT2D eigenvalue weighted by molar-refractivity contribution is 0.0507. The molecule has 3 rings (SSSR count). The van der Waals surface area contributed by atoms with Crippen LogP contribution >= 0.6 is 34.8 Å². The van der Waals surface area contributed by atoms with Crippen LogP contribution in [0.4, 0.5) is 0 Å². The van der Waals surface area contributed by atoms with Crippen LogP contribution in [0, 0.1) is 0 Å². The van der Waals surface area contributed by atoms with E-state index in [2.05, 4.69) is 10.3 Å². The Balaban J connectivity index is 1.65. The van der Waals surface area contributed by atoms with Crippen LogP contribution in [-0.2, 0) is 11.6 Å². The van der Waals surface area contributed by atoms with Crippen molar-refractivity contribution in [2.24, 2.45) is 10.9 Å². The normalized spacial score (nSPS) is 11.3. The Morgan fingerprint density at radius 2 is 1.90 bits per heavy atom. The van der Waals surface area contributed by atoms with Crippen LogP contribution in [0.25, 0.3) is 0 Å². The average molecular weight is 470 g/mol. The number of carbonyl (C=O) groups is 1. The molecule has 2 N–H and O–H groups in total. The van der Waals surface area contributed by atoms with Crippen molar-refractivity contribution in [1.29, 1.82) is 0 Å². The molecule has 1 heterocycles. The largest absolute Gasteiger partial charge is 0.496 e. The van der Waals surface area contributed by atoms with Crippen LogP contribution < -0.4 is 15.2 Å². The number of nitrogens with two attached hydrogens (primary N) is 1. The molecule has 0 spiro atoms. The first kappa shape index (κ1) is 21.8. The third-order valence-corrected chi connectivity index (χ3v) is 4.60. The van der Waals surface area contributed by atoms with Gasteiger partial charge in [0.1, 0.15) is 5.75 Å². The van der Waals surface area contributed by atoms with Gasteiger partial charge in [0.25, 0.3) is 0 Å². The first-order valence-corrected chi connectivity index (χ1v) is 9.51.